The molecule has 2 heteroatoms. The van der Waals surface area contributed by atoms with Crippen LogP contribution in [-0.4, -0.2) is 35.7 Å². The number of piperidine rings is 1. The van der Waals surface area contributed by atoms with Gasteiger partial charge in [0.05, 0.1) is 0 Å². The Kier molecular flexibility index (Phi) is 14.1. The first-order valence-corrected chi connectivity index (χ1v) is 10.7. The van der Waals surface area contributed by atoms with E-state index in [0.717, 1.165) is 6.42 Å². The highest BCUT2D eigenvalue weighted by Gasteiger charge is 2.19. The van der Waals surface area contributed by atoms with Gasteiger partial charge in [-0.05, 0) is 38.8 Å². The van der Waals surface area contributed by atoms with Crippen molar-refractivity contribution in [1.29, 1.82) is 0 Å². The zero-order valence-electron chi connectivity index (χ0n) is 15.9. The average Bonchev–Trinajstić information content (AvgIpc) is 2.59. The molecule has 23 heavy (non-hydrogen) atoms. The molecule has 1 aliphatic heterocycles. The lowest BCUT2D eigenvalue weighted by Crippen LogP contribution is -2.39. The lowest BCUT2D eigenvalue weighted by molar-refractivity contribution is 0.124. The maximum absolute atomic E-state index is 9.32. The predicted molar refractivity (Wildman–Crippen MR) is 102 cm³/mol. The molecule has 0 aromatic heterocycles. The molecule has 0 radical (unpaired) electrons. The Morgan fingerprint density at radius 1 is 0.696 bits per heavy atom. The Morgan fingerprint density at radius 2 is 1.22 bits per heavy atom. The zero-order valence-corrected chi connectivity index (χ0v) is 15.9. The van der Waals surface area contributed by atoms with Gasteiger partial charge in [-0.25, -0.2) is 0 Å². The monoisotopic (exact) mass is 325 g/mol. The second-order valence-corrected chi connectivity index (χ2v) is 7.59. The van der Waals surface area contributed by atoms with Crippen LogP contribution in [0.3, 0.4) is 0 Å². The molecular weight excluding hydrogens is 282 g/mol. The molecule has 138 valence electrons. The van der Waals surface area contributed by atoms with Crippen LogP contribution in [0.5, 0.6) is 0 Å². The van der Waals surface area contributed by atoms with Crippen LogP contribution in [0.1, 0.15) is 110 Å². The molecule has 2 nitrogen and oxygen atoms in total. The Labute approximate surface area is 146 Å². The average molecular weight is 326 g/mol. The zero-order chi connectivity index (χ0) is 16.6. The van der Waals surface area contributed by atoms with Crippen molar-refractivity contribution in [1.82, 2.24) is 4.90 Å². The Balaban J connectivity index is 1.93. The quantitative estimate of drug-likeness (QED) is 0.377. The normalized spacial score (nSPS) is 17.5. The molecule has 0 aromatic carbocycles. The predicted octanol–water partition coefficient (Wildman–Crippen LogP) is 5.92. The molecule has 1 rings (SSSR count). The van der Waals surface area contributed by atoms with Crippen LogP contribution in [0.4, 0.5) is 0 Å². The van der Waals surface area contributed by atoms with Crippen LogP contribution in [0.25, 0.3) is 0 Å². The standard InChI is InChI=1S/C21H43NO/c1-2-3-4-5-6-7-8-9-10-11-13-16-21(17-20-23)22-18-14-12-15-19-22/h21,23H,2-20H2,1H3. The molecule has 1 atom stereocenters. The minimum Gasteiger partial charge on any atom is -0.396 e. The van der Waals surface area contributed by atoms with E-state index in [1.54, 1.807) is 0 Å². The summed E-state index contributed by atoms with van der Waals surface area (Å²) in [4.78, 5) is 2.65. The molecule has 0 spiro atoms. The highest BCUT2D eigenvalue weighted by molar-refractivity contribution is 4.75. The lowest BCUT2D eigenvalue weighted by atomic mass is 9.99. The molecule has 0 saturated carbocycles. The first kappa shape index (κ1) is 21.0. The second-order valence-electron chi connectivity index (χ2n) is 7.59. The summed E-state index contributed by atoms with van der Waals surface area (Å²) < 4.78 is 0. The summed E-state index contributed by atoms with van der Waals surface area (Å²) in [7, 11) is 0. The van der Waals surface area contributed by atoms with Gasteiger partial charge in [0.25, 0.3) is 0 Å². The third-order valence-corrected chi connectivity index (χ3v) is 5.51. The van der Waals surface area contributed by atoms with Gasteiger partial charge in [0.15, 0.2) is 0 Å². The van der Waals surface area contributed by atoms with Crippen molar-refractivity contribution in [2.45, 2.75) is 116 Å². The fourth-order valence-corrected chi connectivity index (χ4v) is 3.99. The summed E-state index contributed by atoms with van der Waals surface area (Å²) in [6.45, 7) is 5.18. The van der Waals surface area contributed by atoms with E-state index < -0.39 is 0 Å². The van der Waals surface area contributed by atoms with Gasteiger partial charge in [-0.2, -0.15) is 0 Å². The van der Waals surface area contributed by atoms with E-state index in [4.69, 9.17) is 0 Å². The van der Waals surface area contributed by atoms with Crippen LogP contribution in [-0.2, 0) is 0 Å². The smallest absolute Gasteiger partial charge is 0.0445 e. The number of aliphatic hydroxyl groups is 1. The van der Waals surface area contributed by atoms with Gasteiger partial charge < -0.3 is 10.0 Å². The molecular formula is C21H43NO. The van der Waals surface area contributed by atoms with Gasteiger partial charge in [0.1, 0.15) is 0 Å². The molecule has 1 heterocycles. The van der Waals surface area contributed by atoms with E-state index in [2.05, 4.69) is 11.8 Å². The lowest BCUT2D eigenvalue weighted by Gasteiger charge is -2.34. The molecule has 0 amide bonds. The molecule has 1 fully saturated rings. The number of nitrogens with zero attached hydrogens (tertiary/aromatic N) is 1. The van der Waals surface area contributed by atoms with Crippen molar-refractivity contribution in [2.24, 2.45) is 0 Å². The van der Waals surface area contributed by atoms with Crippen molar-refractivity contribution in [3.8, 4) is 0 Å². The maximum Gasteiger partial charge on any atom is 0.0445 e. The van der Waals surface area contributed by atoms with Gasteiger partial charge in [-0.15, -0.1) is 0 Å². The topological polar surface area (TPSA) is 23.5 Å². The van der Waals surface area contributed by atoms with Gasteiger partial charge in [0.2, 0.25) is 0 Å². The summed E-state index contributed by atoms with van der Waals surface area (Å²) in [5, 5.41) is 9.32. The van der Waals surface area contributed by atoms with E-state index in [1.165, 1.54) is 109 Å². The van der Waals surface area contributed by atoms with E-state index in [-0.39, 0.29) is 0 Å². The molecule has 0 aliphatic carbocycles. The minimum absolute atomic E-state index is 0.360. The Bertz CT molecular complexity index is 238. The fourth-order valence-electron chi connectivity index (χ4n) is 3.99. The van der Waals surface area contributed by atoms with Crippen molar-refractivity contribution in [2.75, 3.05) is 19.7 Å². The first-order chi connectivity index (χ1) is 11.4. The number of aliphatic hydroxyl groups excluding tert-OH is 1. The fraction of sp³-hybridized carbons (Fsp3) is 1.00. The number of rotatable bonds is 15. The van der Waals surface area contributed by atoms with Gasteiger partial charge in [0, 0.05) is 12.6 Å². The van der Waals surface area contributed by atoms with Gasteiger partial charge >= 0.3 is 0 Å². The third-order valence-electron chi connectivity index (χ3n) is 5.51. The highest BCUT2D eigenvalue weighted by atomic mass is 16.3. The van der Waals surface area contributed by atoms with E-state index in [0.29, 0.717) is 12.6 Å². The maximum atomic E-state index is 9.32. The van der Waals surface area contributed by atoms with Crippen LogP contribution in [0, 0.1) is 0 Å². The van der Waals surface area contributed by atoms with Crippen molar-refractivity contribution < 1.29 is 5.11 Å². The van der Waals surface area contributed by atoms with Crippen molar-refractivity contribution >= 4 is 0 Å². The Hall–Kier alpha value is -0.0800. The summed E-state index contributed by atoms with van der Waals surface area (Å²) >= 11 is 0. The molecule has 1 saturated heterocycles. The van der Waals surface area contributed by atoms with Crippen molar-refractivity contribution in [3.05, 3.63) is 0 Å². The molecule has 0 aromatic rings. The number of hydrogen-bond acceptors (Lipinski definition) is 2. The summed E-state index contributed by atoms with van der Waals surface area (Å²) in [5.41, 5.74) is 0. The van der Waals surface area contributed by atoms with Crippen LogP contribution in [0.15, 0.2) is 0 Å². The number of likely N-dealkylation sites (tertiary alicyclic amines) is 1. The van der Waals surface area contributed by atoms with Crippen LogP contribution < -0.4 is 0 Å². The number of unbranched alkanes of at least 4 members (excludes halogenated alkanes) is 10. The molecule has 1 aliphatic rings. The van der Waals surface area contributed by atoms with Gasteiger partial charge in [-0.1, -0.05) is 84.0 Å². The Morgan fingerprint density at radius 3 is 1.74 bits per heavy atom. The molecule has 0 bridgehead atoms. The van der Waals surface area contributed by atoms with Crippen molar-refractivity contribution in [3.63, 3.8) is 0 Å². The second kappa shape index (κ2) is 15.4. The van der Waals surface area contributed by atoms with Crippen LogP contribution in [0.2, 0.25) is 0 Å². The molecule has 1 unspecified atom stereocenters. The first-order valence-electron chi connectivity index (χ1n) is 10.7. The number of hydrogen-bond donors (Lipinski definition) is 1. The van der Waals surface area contributed by atoms with E-state index >= 15 is 0 Å². The van der Waals surface area contributed by atoms with E-state index in [9.17, 15) is 5.11 Å². The minimum atomic E-state index is 0.360. The van der Waals surface area contributed by atoms with E-state index in [1.807, 2.05) is 0 Å². The highest BCUT2D eigenvalue weighted by Crippen LogP contribution is 2.19. The van der Waals surface area contributed by atoms with Crippen LogP contribution >= 0.6 is 0 Å². The SMILES string of the molecule is CCCCCCCCCCCCCC(CCO)N1CCCCC1. The summed E-state index contributed by atoms with van der Waals surface area (Å²) in [6.07, 6.45) is 22.0. The summed E-state index contributed by atoms with van der Waals surface area (Å²) in [5.74, 6) is 0. The van der Waals surface area contributed by atoms with Gasteiger partial charge in [-0.3, -0.25) is 0 Å². The molecule has 1 N–H and O–H groups in total. The third kappa shape index (κ3) is 11.2. The largest absolute Gasteiger partial charge is 0.396 e. The summed E-state index contributed by atoms with van der Waals surface area (Å²) in [6, 6.07) is 0.652.